The fourth-order valence-electron chi connectivity index (χ4n) is 2.44. The smallest absolute Gasteiger partial charge is 0.338 e. The maximum absolute atomic E-state index is 12.4. The first-order chi connectivity index (χ1) is 11.4. The van der Waals surface area contributed by atoms with E-state index in [1.807, 2.05) is 6.92 Å². The van der Waals surface area contributed by atoms with E-state index in [-0.39, 0.29) is 17.9 Å². The van der Waals surface area contributed by atoms with E-state index < -0.39 is 23.0 Å². The van der Waals surface area contributed by atoms with Crippen molar-refractivity contribution in [3.8, 4) is 0 Å². The van der Waals surface area contributed by atoms with E-state index in [4.69, 9.17) is 4.74 Å². The van der Waals surface area contributed by atoms with Gasteiger partial charge in [0.25, 0.3) is 5.69 Å². The van der Waals surface area contributed by atoms with Gasteiger partial charge >= 0.3 is 12.0 Å². The number of nitro groups is 1. The summed E-state index contributed by atoms with van der Waals surface area (Å²) in [5.41, 5.74) is 1.07. The number of esters is 1. The second-order valence-electron chi connectivity index (χ2n) is 5.43. The van der Waals surface area contributed by atoms with Crippen molar-refractivity contribution in [3.63, 3.8) is 0 Å². The van der Waals surface area contributed by atoms with Crippen LogP contribution in [0.2, 0.25) is 0 Å². The Morgan fingerprint density at radius 2 is 2.17 bits per heavy atom. The van der Waals surface area contributed by atoms with E-state index in [1.165, 1.54) is 23.1 Å². The zero-order chi connectivity index (χ0) is 17.9. The van der Waals surface area contributed by atoms with Gasteiger partial charge < -0.3 is 15.0 Å². The van der Waals surface area contributed by atoms with Crippen LogP contribution in [0.15, 0.2) is 35.5 Å². The van der Waals surface area contributed by atoms with Gasteiger partial charge in [0.2, 0.25) is 0 Å². The first-order valence-corrected chi connectivity index (χ1v) is 7.53. The molecule has 128 valence electrons. The first kappa shape index (κ1) is 17.5. The molecule has 0 spiro atoms. The number of ether oxygens (including phenoxy) is 1. The molecule has 1 atom stereocenters. The Morgan fingerprint density at radius 3 is 2.79 bits per heavy atom. The number of nitrogens with one attached hydrogen (secondary N) is 1. The Bertz CT molecular complexity index is 713. The predicted molar refractivity (Wildman–Crippen MR) is 86.1 cm³/mol. The second kappa shape index (κ2) is 7.12. The molecule has 8 nitrogen and oxygen atoms in total. The first-order valence-electron chi connectivity index (χ1n) is 7.53. The van der Waals surface area contributed by atoms with Crippen molar-refractivity contribution in [2.24, 2.45) is 0 Å². The molecule has 8 heteroatoms. The van der Waals surface area contributed by atoms with Crippen LogP contribution < -0.4 is 5.32 Å². The lowest BCUT2D eigenvalue weighted by Crippen LogP contribution is -2.46. The minimum Gasteiger partial charge on any atom is -0.462 e. The molecule has 0 saturated carbocycles. The average molecular weight is 333 g/mol. The van der Waals surface area contributed by atoms with Crippen molar-refractivity contribution in [1.82, 2.24) is 10.2 Å². The van der Waals surface area contributed by atoms with Crippen LogP contribution in [0.3, 0.4) is 0 Å². The zero-order valence-corrected chi connectivity index (χ0v) is 13.7. The maximum Gasteiger partial charge on any atom is 0.338 e. The van der Waals surface area contributed by atoms with Crippen molar-refractivity contribution in [2.75, 3.05) is 13.7 Å². The molecule has 0 aromatic heterocycles. The largest absolute Gasteiger partial charge is 0.462 e. The molecule has 2 amide bonds. The number of carbonyl (C=O) groups excluding carboxylic acids is 2. The SMILES string of the molecule is CCCOC(=O)C1=C(C)N(C)C(=O)N[C@@H]1c1cccc([N+](=O)[O-])c1. The predicted octanol–water partition coefficient (Wildman–Crippen LogP) is 2.52. The van der Waals surface area contributed by atoms with Gasteiger partial charge in [-0.15, -0.1) is 0 Å². The summed E-state index contributed by atoms with van der Waals surface area (Å²) in [6.45, 7) is 3.78. The Balaban J connectivity index is 2.49. The van der Waals surface area contributed by atoms with Crippen molar-refractivity contribution >= 4 is 17.7 Å². The lowest BCUT2D eigenvalue weighted by Gasteiger charge is -2.33. The molecule has 1 aromatic carbocycles. The molecule has 0 bridgehead atoms. The molecule has 0 fully saturated rings. The molecule has 1 aliphatic rings. The number of non-ortho nitro benzene ring substituents is 1. The maximum atomic E-state index is 12.4. The van der Waals surface area contributed by atoms with E-state index in [0.717, 1.165) is 0 Å². The number of hydrogen-bond acceptors (Lipinski definition) is 5. The normalized spacial score (nSPS) is 17.5. The van der Waals surface area contributed by atoms with E-state index in [0.29, 0.717) is 17.7 Å². The summed E-state index contributed by atoms with van der Waals surface area (Å²) in [5, 5.41) is 13.7. The van der Waals surface area contributed by atoms with Gasteiger partial charge in [-0.25, -0.2) is 9.59 Å². The summed E-state index contributed by atoms with van der Waals surface area (Å²) in [6.07, 6.45) is 0.668. The number of nitro benzene ring substituents is 1. The Hall–Kier alpha value is -2.90. The van der Waals surface area contributed by atoms with E-state index >= 15 is 0 Å². The van der Waals surface area contributed by atoms with Crippen molar-refractivity contribution in [2.45, 2.75) is 26.3 Å². The second-order valence-corrected chi connectivity index (χ2v) is 5.43. The van der Waals surface area contributed by atoms with Crippen LogP contribution >= 0.6 is 0 Å². The topological polar surface area (TPSA) is 102 Å². The van der Waals surface area contributed by atoms with Crippen molar-refractivity contribution in [1.29, 1.82) is 0 Å². The molecule has 1 aliphatic heterocycles. The molecule has 0 aliphatic carbocycles. The van der Waals surface area contributed by atoms with Crippen molar-refractivity contribution in [3.05, 3.63) is 51.2 Å². The van der Waals surface area contributed by atoms with Crippen LogP contribution in [-0.2, 0) is 9.53 Å². The number of amides is 2. The molecule has 1 heterocycles. The summed E-state index contributed by atoms with van der Waals surface area (Å²) in [5.74, 6) is -0.544. The van der Waals surface area contributed by atoms with Gasteiger partial charge in [0.15, 0.2) is 0 Å². The van der Waals surface area contributed by atoms with Crippen LogP contribution in [0.4, 0.5) is 10.5 Å². The molecule has 0 unspecified atom stereocenters. The summed E-state index contributed by atoms with van der Waals surface area (Å²) in [4.78, 5) is 36.3. The summed E-state index contributed by atoms with van der Waals surface area (Å²) >= 11 is 0. The van der Waals surface area contributed by atoms with Gasteiger partial charge in [-0.2, -0.15) is 0 Å². The minimum atomic E-state index is -0.794. The van der Waals surface area contributed by atoms with E-state index in [2.05, 4.69) is 5.32 Å². The van der Waals surface area contributed by atoms with Crippen LogP contribution in [0.5, 0.6) is 0 Å². The number of benzene rings is 1. The number of nitrogens with zero attached hydrogens (tertiary/aromatic N) is 2. The highest BCUT2D eigenvalue weighted by Crippen LogP contribution is 2.32. The number of rotatable bonds is 5. The van der Waals surface area contributed by atoms with Gasteiger partial charge in [0, 0.05) is 24.9 Å². The third-order valence-corrected chi connectivity index (χ3v) is 3.83. The number of carbonyl (C=O) groups is 2. The number of urea groups is 1. The molecule has 24 heavy (non-hydrogen) atoms. The Morgan fingerprint density at radius 1 is 1.46 bits per heavy atom. The molecule has 0 radical (unpaired) electrons. The highest BCUT2D eigenvalue weighted by Gasteiger charge is 2.35. The van der Waals surface area contributed by atoms with Crippen LogP contribution in [0, 0.1) is 10.1 Å². The standard InChI is InChI=1S/C16H19N3O5/c1-4-8-24-15(20)13-10(2)18(3)16(21)17-14(13)11-6-5-7-12(9-11)19(22)23/h5-7,9,14H,4,8H2,1-3H3,(H,17,21)/t14-/m1/s1. The van der Waals surface area contributed by atoms with Gasteiger partial charge in [-0.05, 0) is 18.9 Å². The summed E-state index contributed by atoms with van der Waals surface area (Å²) in [7, 11) is 1.54. The van der Waals surface area contributed by atoms with Gasteiger partial charge in [-0.1, -0.05) is 19.1 Å². The van der Waals surface area contributed by atoms with Gasteiger partial charge in [0.05, 0.1) is 23.1 Å². The van der Waals surface area contributed by atoms with Crippen LogP contribution in [-0.4, -0.2) is 35.5 Å². The van der Waals surface area contributed by atoms with Gasteiger partial charge in [0.1, 0.15) is 0 Å². The number of hydrogen-bond donors (Lipinski definition) is 1. The quantitative estimate of drug-likeness (QED) is 0.507. The highest BCUT2D eigenvalue weighted by atomic mass is 16.6. The Kier molecular flexibility index (Phi) is 5.18. The molecule has 0 saturated heterocycles. The fraction of sp³-hybridized carbons (Fsp3) is 0.375. The van der Waals surface area contributed by atoms with Crippen LogP contribution in [0.1, 0.15) is 31.9 Å². The molecule has 1 N–H and O–H groups in total. The summed E-state index contributed by atoms with van der Waals surface area (Å²) < 4.78 is 5.21. The molecular weight excluding hydrogens is 314 g/mol. The van der Waals surface area contributed by atoms with E-state index in [9.17, 15) is 19.7 Å². The Labute approximate surface area is 139 Å². The fourth-order valence-corrected chi connectivity index (χ4v) is 2.44. The minimum absolute atomic E-state index is 0.111. The summed E-state index contributed by atoms with van der Waals surface area (Å²) in [6, 6.07) is 4.66. The lowest BCUT2D eigenvalue weighted by atomic mass is 9.95. The molecule has 1 aromatic rings. The van der Waals surface area contributed by atoms with E-state index in [1.54, 1.807) is 20.0 Å². The third-order valence-electron chi connectivity index (χ3n) is 3.83. The molecule has 2 rings (SSSR count). The molecular formula is C16H19N3O5. The highest BCUT2D eigenvalue weighted by molar-refractivity contribution is 5.95. The van der Waals surface area contributed by atoms with Crippen LogP contribution in [0.25, 0.3) is 0 Å². The van der Waals surface area contributed by atoms with Crippen molar-refractivity contribution < 1.29 is 19.2 Å². The monoisotopic (exact) mass is 333 g/mol. The lowest BCUT2D eigenvalue weighted by molar-refractivity contribution is -0.384. The average Bonchev–Trinajstić information content (AvgIpc) is 2.57. The zero-order valence-electron chi connectivity index (χ0n) is 13.7. The van der Waals surface area contributed by atoms with Gasteiger partial charge in [-0.3, -0.25) is 10.1 Å². The number of allylic oxidation sites excluding steroid dienone is 1. The third kappa shape index (κ3) is 3.37.